The Morgan fingerprint density at radius 2 is 1.95 bits per heavy atom. The summed E-state index contributed by atoms with van der Waals surface area (Å²) in [5.41, 5.74) is 1.68. The van der Waals surface area contributed by atoms with Gasteiger partial charge in [0, 0.05) is 6.42 Å². The standard InChI is InChI=1S/C17H24N2O/c1-2-8-16-18-14-9-4-5-10-15(14)19(16)13-17(20)11-6-3-7-12-17/h4-5,9-10,20H,2-3,6-8,11-13H2,1H3. The van der Waals surface area contributed by atoms with Crippen LogP contribution in [0, 0.1) is 0 Å². The van der Waals surface area contributed by atoms with Gasteiger partial charge in [0.25, 0.3) is 0 Å². The van der Waals surface area contributed by atoms with Crippen LogP contribution >= 0.6 is 0 Å². The molecule has 1 fully saturated rings. The van der Waals surface area contributed by atoms with Crippen molar-refractivity contribution < 1.29 is 5.11 Å². The fourth-order valence-electron chi connectivity index (χ4n) is 3.38. The first-order valence-electron chi connectivity index (χ1n) is 7.88. The van der Waals surface area contributed by atoms with Gasteiger partial charge in [0.2, 0.25) is 0 Å². The van der Waals surface area contributed by atoms with Crippen molar-refractivity contribution in [2.75, 3.05) is 0 Å². The average molecular weight is 272 g/mol. The van der Waals surface area contributed by atoms with Crippen LogP contribution in [0.15, 0.2) is 24.3 Å². The highest BCUT2D eigenvalue weighted by molar-refractivity contribution is 5.75. The monoisotopic (exact) mass is 272 g/mol. The first-order valence-corrected chi connectivity index (χ1v) is 7.88. The third-order valence-electron chi connectivity index (χ3n) is 4.44. The largest absolute Gasteiger partial charge is 0.388 e. The molecule has 0 atom stereocenters. The Bertz CT molecular complexity index is 582. The number of nitrogens with zero attached hydrogens (tertiary/aromatic N) is 2. The van der Waals surface area contributed by atoms with E-state index in [0.717, 1.165) is 55.4 Å². The maximum Gasteiger partial charge on any atom is 0.109 e. The van der Waals surface area contributed by atoms with E-state index in [2.05, 4.69) is 29.7 Å². The SMILES string of the molecule is CCCc1nc2ccccc2n1CC1(O)CCCCC1. The lowest BCUT2D eigenvalue weighted by Gasteiger charge is -2.33. The van der Waals surface area contributed by atoms with Crippen LogP contribution in [-0.2, 0) is 13.0 Å². The predicted molar refractivity (Wildman–Crippen MR) is 81.8 cm³/mol. The van der Waals surface area contributed by atoms with Gasteiger partial charge < -0.3 is 9.67 Å². The van der Waals surface area contributed by atoms with E-state index in [0.29, 0.717) is 6.54 Å². The molecule has 20 heavy (non-hydrogen) atoms. The molecule has 1 N–H and O–H groups in total. The van der Waals surface area contributed by atoms with Gasteiger partial charge in [0.05, 0.1) is 23.2 Å². The lowest BCUT2D eigenvalue weighted by atomic mass is 9.85. The minimum absolute atomic E-state index is 0.537. The molecule has 1 aromatic carbocycles. The van der Waals surface area contributed by atoms with E-state index in [1.54, 1.807) is 0 Å². The Balaban J connectivity index is 1.97. The number of hydrogen-bond acceptors (Lipinski definition) is 2. The second kappa shape index (κ2) is 5.57. The van der Waals surface area contributed by atoms with Crippen molar-refractivity contribution in [1.82, 2.24) is 9.55 Å². The van der Waals surface area contributed by atoms with Gasteiger partial charge in [-0.1, -0.05) is 38.3 Å². The lowest BCUT2D eigenvalue weighted by Crippen LogP contribution is -2.36. The molecule has 0 unspecified atom stereocenters. The van der Waals surface area contributed by atoms with Gasteiger partial charge in [0.1, 0.15) is 5.82 Å². The fraction of sp³-hybridized carbons (Fsp3) is 0.588. The topological polar surface area (TPSA) is 38.0 Å². The zero-order valence-electron chi connectivity index (χ0n) is 12.3. The highest BCUT2D eigenvalue weighted by Crippen LogP contribution is 2.31. The van der Waals surface area contributed by atoms with Gasteiger partial charge in [-0.3, -0.25) is 0 Å². The van der Waals surface area contributed by atoms with E-state index in [4.69, 9.17) is 4.98 Å². The van der Waals surface area contributed by atoms with Gasteiger partial charge in [0.15, 0.2) is 0 Å². The summed E-state index contributed by atoms with van der Waals surface area (Å²) in [6.45, 7) is 2.88. The van der Waals surface area contributed by atoms with Crippen LogP contribution in [0.3, 0.4) is 0 Å². The molecule has 0 bridgehead atoms. The molecule has 3 rings (SSSR count). The molecule has 3 nitrogen and oxygen atoms in total. The van der Waals surface area contributed by atoms with Crippen LogP contribution in [0.5, 0.6) is 0 Å². The maximum atomic E-state index is 10.8. The normalized spacial score (nSPS) is 18.5. The summed E-state index contributed by atoms with van der Waals surface area (Å²) in [4.78, 5) is 4.75. The van der Waals surface area contributed by atoms with E-state index < -0.39 is 5.60 Å². The summed E-state index contributed by atoms with van der Waals surface area (Å²) in [5, 5.41) is 10.8. The van der Waals surface area contributed by atoms with Crippen molar-refractivity contribution in [2.45, 2.75) is 64.0 Å². The molecule has 0 radical (unpaired) electrons. The molecule has 1 saturated carbocycles. The Labute approximate surface area is 120 Å². The van der Waals surface area contributed by atoms with Crippen LogP contribution < -0.4 is 0 Å². The average Bonchev–Trinajstić information content (AvgIpc) is 2.78. The van der Waals surface area contributed by atoms with Crippen LogP contribution in [0.25, 0.3) is 11.0 Å². The van der Waals surface area contributed by atoms with Crippen molar-refractivity contribution in [2.24, 2.45) is 0 Å². The second-order valence-electron chi connectivity index (χ2n) is 6.14. The van der Waals surface area contributed by atoms with E-state index in [1.807, 2.05) is 6.07 Å². The summed E-state index contributed by atoms with van der Waals surface area (Å²) in [6, 6.07) is 8.27. The third kappa shape index (κ3) is 2.59. The quantitative estimate of drug-likeness (QED) is 0.922. The van der Waals surface area contributed by atoms with Crippen LogP contribution in [0.4, 0.5) is 0 Å². The Morgan fingerprint density at radius 1 is 1.20 bits per heavy atom. The number of fused-ring (bicyclic) bond motifs is 1. The molecule has 1 aliphatic carbocycles. The molecule has 0 amide bonds. The van der Waals surface area contributed by atoms with Crippen LogP contribution in [-0.4, -0.2) is 20.3 Å². The third-order valence-corrected chi connectivity index (χ3v) is 4.44. The molecule has 0 spiro atoms. The number of benzene rings is 1. The number of aromatic nitrogens is 2. The highest BCUT2D eigenvalue weighted by Gasteiger charge is 2.30. The first-order chi connectivity index (χ1) is 9.72. The summed E-state index contributed by atoms with van der Waals surface area (Å²) < 4.78 is 2.25. The summed E-state index contributed by atoms with van der Waals surface area (Å²) >= 11 is 0. The Hall–Kier alpha value is -1.35. The maximum absolute atomic E-state index is 10.8. The van der Waals surface area contributed by atoms with Gasteiger partial charge in [-0.15, -0.1) is 0 Å². The van der Waals surface area contributed by atoms with Gasteiger partial charge in [-0.05, 0) is 31.4 Å². The molecule has 1 aromatic heterocycles. The fourth-order valence-corrected chi connectivity index (χ4v) is 3.38. The molecular weight excluding hydrogens is 248 g/mol. The first kappa shape index (κ1) is 13.6. The van der Waals surface area contributed by atoms with Crippen molar-refractivity contribution in [3.05, 3.63) is 30.1 Å². The second-order valence-corrected chi connectivity index (χ2v) is 6.14. The molecule has 1 aliphatic rings. The predicted octanol–water partition coefficient (Wildman–Crippen LogP) is 3.68. The summed E-state index contributed by atoms with van der Waals surface area (Å²) in [5.74, 6) is 1.12. The van der Waals surface area contributed by atoms with Gasteiger partial charge in [-0.2, -0.15) is 0 Å². The van der Waals surface area contributed by atoms with E-state index in [9.17, 15) is 5.11 Å². The number of para-hydroxylation sites is 2. The number of hydrogen-bond donors (Lipinski definition) is 1. The molecule has 0 aliphatic heterocycles. The Kier molecular flexibility index (Phi) is 3.79. The van der Waals surface area contributed by atoms with Crippen LogP contribution in [0.1, 0.15) is 51.3 Å². The van der Waals surface area contributed by atoms with Crippen molar-refractivity contribution in [3.8, 4) is 0 Å². The minimum Gasteiger partial charge on any atom is -0.388 e. The summed E-state index contributed by atoms with van der Waals surface area (Å²) in [6.07, 6.45) is 7.45. The van der Waals surface area contributed by atoms with E-state index in [1.165, 1.54) is 6.42 Å². The molecule has 1 heterocycles. The van der Waals surface area contributed by atoms with Crippen molar-refractivity contribution in [3.63, 3.8) is 0 Å². The number of imidazole rings is 1. The van der Waals surface area contributed by atoms with Gasteiger partial charge in [-0.25, -0.2) is 4.98 Å². The number of aryl methyl sites for hydroxylation is 1. The van der Waals surface area contributed by atoms with Gasteiger partial charge >= 0.3 is 0 Å². The zero-order valence-corrected chi connectivity index (χ0v) is 12.3. The Morgan fingerprint density at radius 3 is 2.70 bits per heavy atom. The minimum atomic E-state index is -0.537. The lowest BCUT2D eigenvalue weighted by molar-refractivity contribution is -0.0111. The van der Waals surface area contributed by atoms with E-state index in [-0.39, 0.29) is 0 Å². The highest BCUT2D eigenvalue weighted by atomic mass is 16.3. The number of aliphatic hydroxyl groups is 1. The number of rotatable bonds is 4. The van der Waals surface area contributed by atoms with E-state index >= 15 is 0 Å². The van der Waals surface area contributed by atoms with Crippen molar-refractivity contribution >= 4 is 11.0 Å². The molecule has 2 aromatic rings. The molecule has 0 saturated heterocycles. The molecule has 108 valence electrons. The van der Waals surface area contributed by atoms with Crippen molar-refractivity contribution in [1.29, 1.82) is 0 Å². The molecular formula is C17H24N2O. The summed E-state index contributed by atoms with van der Waals surface area (Å²) in [7, 11) is 0. The zero-order chi connectivity index (χ0) is 14.0. The molecule has 3 heteroatoms. The van der Waals surface area contributed by atoms with Crippen LogP contribution in [0.2, 0.25) is 0 Å². The smallest absolute Gasteiger partial charge is 0.109 e.